The van der Waals surface area contributed by atoms with Gasteiger partial charge in [0.1, 0.15) is 5.82 Å². The van der Waals surface area contributed by atoms with Gasteiger partial charge in [-0.3, -0.25) is 28.9 Å². The number of amides is 1. The fourth-order valence-electron chi connectivity index (χ4n) is 4.70. The number of nitrogen functional groups attached to an aromatic ring is 1. The summed E-state index contributed by atoms with van der Waals surface area (Å²) in [6.07, 6.45) is 3.58. The Balaban J connectivity index is 1.82. The second-order valence-corrected chi connectivity index (χ2v) is 9.82. The predicted molar refractivity (Wildman–Crippen MR) is 123 cm³/mol. The second kappa shape index (κ2) is 9.99. The van der Waals surface area contributed by atoms with Crippen LogP contribution in [0.25, 0.3) is 0 Å². The van der Waals surface area contributed by atoms with Crippen LogP contribution in [0.2, 0.25) is 0 Å². The molecule has 0 radical (unpaired) electrons. The SMILES string of the molecule is CC(C)CN(C(=O)CN1CCC(N2CCCC2)C1)c1c(N)n(CC(C)C)c(=O)[nH]c1=O. The number of hydrogen-bond acceptors (Lipinski definition) is 6. The number of anilines is 2. The minimum Gasteiger partial charge on any atom is -0.383 e. The molecule has 0 aliphatic carbocycles. The summed E-state index contributed by atoms with van der Waals surface area (Å²) in [4.78, 5) is 46.9. The van der Waals surface area contributed by atoms with E-state index in [9.17, 15) is 14.4 Å². The number of nitrogens with two attached hydrogens (primary N) is 1. The van der Waals surface area contributed by atoms with Crippen molar-refractivity contribution in [1.82, 2.24) is 19.4 Å². The molecule has 0 spiro atoms. The van der Waals surface area contributed by atoms with Crippen molar-refractivity contribution in [3.8, 4) is 0 Å². The quantitative estimate of drug-likeness (QED) is 0.630. The van der Waals surface area contributed by atoms with Crippen molar-refractivity contribution in [2.45, 2.75) is 59.5 Å². The van der Waals surface area contributed by atoms with Gasteiger partial charge in [0.25, 0.3) is 5.56 Å². The maximum absolute atomic E-state index is 13.4. The monoisotopic (exact) mass is 434 g/mol. The van der Waals surface area contributed by atoms with Crippen LogP contribution in [0.1, 0.15) is 47.0 Å². The minimum atomic E-state index is -0.604. The Morgan fingerprint density at radius 2 is 1.81 bits per heavy atom. The molecule has 2 aliphatic rings. The van der Waals surface area contributed by atoms with E-state index >= 15 is 0 Å². The number of nitrogens with one attached hydrogen (secondary N) is 1. The summed E-state index contributed by atoms with van der Waals surface area (Å²) in [7, 11) is 0. The van der Waals surface area contributed by atoms with Crippen molar-refractivity contribution < 1.29 is 4.79 Å². The van der Waals surface area contributed by atoms with Gasteiger partial charge in [-0.25, -0.2) is 4.79 Å². The zero-order valence-electron chi connectivity index (χ0n) is 19.4. The Kier molecular flexibility index (Phi) is 7.59. The van der Waals surface area contributed by atoms with Gasteiger partial charge in [-0.15, -0.1) is 0 Å². The predicted octanol–water partition coefficient (Wildman–Crippen LogP) is 0.934. The molecule has 2 fully saturated rings. The topological polar surface area (TPSA) is 108 Å². The molecule has 3 N–H and O–H groups in total. The third-order valence-corrected chi connectivity index (χ3v) is 6.14. The lowest BCUT2D eigenvalue weighted by Crippen LogP contribution is -2.46. The molecule has 1 aromatic heterocycles. The van der Waals surface area contributed by atoms with Crippen LogP contribution in [0.4, 0.5) is 11.5 Å². The van der Waals surface area contributed by atoms with Gasteiger partial charge >= 0.3 is 5.69 Å². The van der Waals surface area contributed by atoms with Crippen LogP contribution < -0.4 is 21.9 Å². The average Bonchev–Trinajstić information content (AvgIpc) is 3.35. The number of carbonyl (C=O) groups excluding carboxylic acids is 1. The molecule has 2 aliphatic heterocycles. The lowest BCUT2D eigenvalue weighted by molar-refractivity contribution is -0.119. The zero-order chi connectivity index (χ0) is 22.7. The first kappa shape index (κ1) is 23.5. The van der Waals surface area contributed by atoms with Crippen molar-refractivity contribution in [2.75, 3.05) is 49.9 Å². The Morgan fingerprint density at radius 3 is 2.42 bits per heavy atom. The highest BCUT2D eigenvalue weighted by atomic mass is 16.2. The van der Waals surface area contributed by atoms with E-state index in [2.05, 4.69) is 14.8 Å². The van der Waals surface area contributed by atoms with Gasteiger partial charge in [-0.2, -0.15) is 0 Å². The van der Waals surface area contributed by atoms with E-state index in [-0.39, 0.29) is 35.8 Å². The fourth-order valence-corrected chi connectivity index (χ4v) is 4.70. The highest BCUT2D eigenvalue weighted by molar-refractivity contribution is 5.96. The lowest BCUT2D eigenvalue weighted by atomic mass is 10.2. The van der Waals surface area contributed by atoms with E-state index in [1.807, 2.05) is 27.7 Å². The Labute approximate surface area is 184 Å². The number of H-pyrrole nitrogens is 1. The van der Waals surface area contributed by atoms with E-state index in [1.54, 1.807) is 0 Å². The molecule has 0 saturated carbocycles. The summed E-state index contributed by atoms with van der Waals surface area (Å²) in [5, 5.41) is 0. The van der Waals surface area contributed by atoms with Crippen LogP contribution in [0.3, 0.4) is 0 Å². The van der Waals surface area contributed by atoms with Gasteiger partial charge in [0.2, 0.25) is 5.91 Å². The van der Waals surface area contributed by atoms with Crippen molar-refractivity contribution in [1.29, 1.82) is 0 Å². The largest absolute Gasteiger partial charge is 0.383 e. The molecule has 0 bridgehead atoms. The van der Waals surface area contributed by atoms with Crippen LogP contribution in [0.5, 0.6) is 0 Å². The summed E-state index contributed by atoms with van der Waals surface area (Å²) >= 11 is 0. The third-order valence-electron chi connectivity index (χ3n) is 6.14. The molecule has 1 aromatic rings. The van der Waals surface area contributed by atoms with Gasteiger partial charge in [0, 0.05) is 32.2 Å². The molecular formula is C22H38N6O3. The minimum absolute atomic E-state index is 0.0628. The average molecular weight is 435 g/mol. The molecule has 174 valence electrons. The summed E-state index contributed by atoms with van der Waals surface area (Å²) in [6.45, 7) is 13.0. The Morgan fingerprint density at radius 1 is 1.13 bits per heavy atom. The summed E-state index contributed by atoms with van der Waals surface area (Å²) in [5.74, 6) is 0.222. The van der Waals surface area contributed by atoms with Crippen molar-refractivity contribution in [3.63, 3.8) is 0 Å². The molecule has 3 rings (SSSR count). The van der Waals surface area contributed by atoms with Gasteiger partial charge in [-0.1, -0.05) is 27.7 Å². The molecule has 1 unspecified atom stereocenters. The van der Waals surface area contributed by atoms with Gasteiger partial charge in [0.15, 0.2) is 5.69 Å². The molecule has 0 aromatic carbocycles. The Bertz CT molecular complexity index is 884. The number of hydrogen-bond donors (Lipinski definition) is 2. The lowest BCUT2D eigenvalue weighted by Gasteiger charge is -2.28. The van der Waals surface area contributed by atoms with E-state index in [4.69, 9.17) is 5.73 Å². The molecule has 3 heterocycles. The van der Waals surface area contributed by atoms with Crippen molar-refractivity contribution in [3.05, 3.63) is 20.8 Å². The molecule has 2 saturated heterocycles. The van der Waals surface area contributed by atoms with Crippen molar-refractivity contribution >= 4 is 17.4 Å². The van der Waals surface area contributed by atoms with Crippen LogP contribution in [-0.2, 0) is 11.3 Å². The zero-order valence-corrected chi connectivity index (χ0v) is 19.4. The van der Waals surface area contributed by atoms with E-state index in [0.717, 1.165) is 32.6 Å². The normalized spacial score (nSPS) is 20.3. The van der Waals surface area contributed by atoms with Crippen LogP contribution in [-0.4, -0.2) is 70.6 Å². The van der Waals surface area contributed by atoms with Crippen LogP contribution in [0, 0.1) is 11.8 Å². The molecule has 1 amide bonds. The standard InChI is InChI=1S/C22H38N6O3/c1-15(2)11-27(19-20(23)28(12-16(3)4)22(31)24-21(19)30)18(29)14-25-10-7-17(13-25)26-8-5-6-9-26/h15-17H,5-14,23H2,1-4H3,(H,24,30,31). The van der Waals surface area contributed by atoms with E-state index in [0.29, 0.717) is 19.1 Å². The summed E-state index contributed by atoms with van der Waals surface area (Å²) in [6, 6.07) is 0.510. The van der Waals surface area contributed by atoms with Crippen LogP contribution >= 0.6 is 0 Å². The fraction of sp³-hybridized carbons (Fsp3) is 0.773. The first-order chi connectivity index (χ1) is 14.7. The van der Waals surface area contributed by atoms with Crippen molar-refractivity contribution in [2.24, 2.45) is 11.8 Å². The number of aromatic amines is 1. The van der Waals surface area contributed by atoms with Crippen LogP contribution in [0.15, 0.2) is 9.59 Å². The summed E-state index contributed by atoms with van der Waals surface area (Å²) < 4.78 is 1.36. The third kappa shape index (κ3) is 5.57. The molecule has 1 atom stereocenters. The maximum atomic E-state index is 13.4. The summed E-state index contributed by atoms with van der Waals surface area (Å²) in [5.41, 5.74) is 5.24. The number of likely N-dealkylation sites (tertiary alicyclic amines) is 2. The molecule has 9 nitrogen and oxygen atoms in total. The number of rotatable bonds is 8. The van der Waals surface area contributed by atoms with E-state index < -0.39 is 11.2 Å². The molecule has 31 heavy (non-hydrogen) atoms. The molecular weight excluding hydrogens is 396 g/mol. The first-order valence-electron chi connectivity index (χ1n) is 11.6. The Hall–Kier alpha value is -2.13. The smallest absolute Gasteiger partial charge is 0.330 e. The van der Waals surface area contributed by atoms with Gasteiger partial charge in [0.05, 0.1) is 6.54 Å². The first-order valence-corrected chi connectivity index (χ1v) is 11.6. The highest BCUT2D eigenvalue weighted by Crippen LogP contribution is 2.22. The number of aromatic nitrogens is 2. The number of nitrogens with zero attached hydrogens (tertiary/aromatic N) is 4. The van der Waals surface area contributed by atoms with Gasteiger partial charge < -0.3 is 10.6 Å². The molecule has 9 heteroatoms. The maximum Gasteiger partial charge on any atom is 0.330 e. The number of carbonyl (C=O) groups is 1. The van der Waals surface area contributed by atoms with E-state index in [1.165, 1.54) is 22.3 Å². The second-order valence-electron chi connectivity index (χ2n) is 9.82. The van der Waals surface area contributed by atoms with Gasteiger partial charge in [-0.05, 0) is 44.2 Å². The highest BCUT2D eigenvalue weighted by Gasteiger charge is 2.32.